The third kappa shape index (κ3) is 6.24. The van der Waals surface area contributed by atoms with Gasteiger partial charge in [-0.3, -0.25) is 14.9 Å². The van der Waals surface area contributed by atoms with E-state index in [0.717, 1.165) is 12.0 Å². The highest BCUT2D eigenvalue weighted by atomic mass is 19.1. The molecule has 2 N–H and O–H groups in total. The number of benzene rings is 3. The van der Waals surface area contributed by atoms with Crippen molar-refractivity contribution < 1.29 is 28.2 Å². The van der Waals surface area contributed by atoms with Crippen LogP contribution in [-0.4, -0.2) is 35.9 Å². The van der Waals surface area contributed by atoms with Crippen LogP contribution in [0.15, 0.2) is 66.7 Å². The average Bonchev–Trinajstić information content (AvgIpc) is 3.16. The van der Waals surface area contributed by atoms with Crippen molar-refractivity contribution in [2.45, 2.75) is 38.9 Å². The minimum absolute atomic E-state index is 0.196. The van der Waals surface area contributed by atoms with Gasteiger partial charge in [0.2, 0.25) is 0 Å². The van der Waals surface area contributed by atoms with Crippen LogP contribution in [-0.2, 0) is 17.9 Å². The smallest absolute Gasteiger partial charge is 0.325 e. The second-order valence-corrected chi connectivity index (χ2v) is 8.64. The van der Waals surface area contributed by atoms with Crippen molar-refractivity contribution in [1.29, 1.82) is 0 Å². The monoisotopic (exact) mass is 505 g/mol. The summed E-state index contributed by atoms with van der Waals surface area (Å²) in [4.78, 5) is 38.9. The molecule has 8 nitrogen and oxygen atoms in total. The minimum Gasteiger partial charge on any atom is -0.496 e. The molecular formula is C28H28FN3O5. The van der Waals surface area contributed by atoms with Crippen molar-refractivity contribution in [2.75, 3.05) is 7.11 Å². The maximum absolute atomic E-state index is 13.1. The number of imide groups is 1. The number of nitrogens with one attached hydrogen (secondary N) is 2. The molecule has 4 rings (SSSR count). The number of nitrogens with zero attached hydrogens (tertiary/aromatic N) is 1. The number of ether oxygens (including phenoxy) is 2. The zero-order valence-electron chi connectivity index (χ0n) is 20.6. The minimum atomic E-state index is -0.521. The molecule has 1 saturated heterocycles. The highest BCUT2D eigenvalue weighted by Gasteiger charge is 2.37. The molecule has 0 radical (unpaired) electrons. The first-order valence-electron chi connectivity index (χ1n) is 12.0. The quantitative estimate of drug-likeness (QED) is 0.387. The van der Waals surface area contributed by atoms with Crippen molar-refractivity contribution in [3.05, 3.63) is 89.2 Å². The molecule has 3 aromatic carbocycles. The fourth-order valence-corrected chi connectivity index (χ4v) is 4.11. The van der Waals surface area contributed by atoms with E-state index in [1.54, 1.807) is 42.5 Å². The SMILES string of the molecule is CCC[C@@H]1C(=O)NC(=O)N1Cc1ccc(OC)c(C(=O)NCc2ccc(Oc3ccc(F)cc3)cc2)c1. The number of urea groups is 1. The van der Waals surface area contributed by atoms with Gasteiger partial charge in [0.1, 0.15) is 29.1 Å². The highest BCUT2D eigenvalue weighted by molar-refractivity contribution is 6.04. The number of hydrogen-bond donors (Lipinski definition) is 2. The third-order valence-electron chi connectivity index (χ3n) is 6.02. The van der Waals surface area contributed by atoms with E-state index >= 15 is 0 Å². The van der Waals surface area contributed by atoms with Gasteiger partial charge in [0.15, 0.2) is 0 Å². The van der Waals surface area contributed by atoms with E-state index in [-0.39, 0.29) is 30.7 Å². The van der Waals surface area contributed by atoms with Gasteiger partial charge < -0.3 is 19.7 Å². The van der Waals surface area contributed by atoms with Crippen LogP contribution >= 0.6 is 0 Å². The Bertz CT molecular complexity index is 1280. The van der Waals surface area contributed by atoms with Crippen LogP contribution in [0.4, 0.5) is 9.18 Å². The number of carbonyl (C=O) groups excluding carboxylic acids is 3. The fraction of sp³-hybridized carbons (Fsp3) is 0.250. The summed E-state index contributed by atoms with van der Waals surface area (Å²) < 4.78 is 24.1. The maximum atomic E-state index is 13.1. The second kappa shape index (κ2) is 11.6. The standard InChI is InChI=1S/C28H28FN3O5/c1-3-4-24-27(34)31-28(35)32(24)17-19-7-14-25(36-2)23(15-19)26(33)30-16-18-5-10-21(11-6-18)37-22-12-8-20(29)9-13-22/h5-15,24H,3-4,16-17H2,1-2H3,(H,30,33)(H,31,34,35)/t24-/m1/s1. The van der Waals surface area contributed by atoms with E-state index in [9.17, 15) is 18.8 Å². The van der Waals surface area contributed by atoms with Crippen LogP contribution in [0.5, 0.6) is 17.2 Å². The summed E-state index contributed by atoms with van der Waals surface area (Å²) in [6.45, 7) is 2.42. The molecule has 37 heavy (non-hydrogen) atoms. The van der Waals surface area contributed by atoms with Gasteiger partial charge in [0.05, 0.1) is 12.7 Å². The van der Waals surface area contributed by atoms with Gasteiger partial charge >= 0.3 is 6.03 Å². The van der Waals surface area contributed by atoms with E-state index in [2.05, 4.69) is 10.6 Å². The molecule has 1 atom stereocenters. The Labute approximate surface area is 214 Å². The zero-order chi connectivity index (χ0) is 26.4. The molecule has 192 valence electrons. The molecule has 1 fully saturated rings. The van der Waals surface area contributed by atoms with E-state index in [0.29, 0.717) is 34.8 Å². The van der Waals surface area contributed by atoms with Crippen molar-refractivity contribution in [2.24, 2.45) is 0 Å². The summed E-state index contributed by atoms with van der Waals surface area (Å²) in [6.07, 6.45) is 1.33. The Hall–Kier alpha value is -4.40. The molecule has 0 bridgehead atoms. The molecule has 0 unspecified atom stereocenters. The molecule has 0 spiro atoms. The van der Waals surface area contributed by atoms with Gasteiger partial charge in [-0.25, -0.2) is 9.18 Å². The van der Waals surface area contributed by atoms with E-state index in [4.69, 9.17) is 9.47 Å². The Balaban J connectivity index is 1.40. The Kier molecular flexibility index (Phi) is 8.02. The molecule has 0 aliphatic carbocycles. The molecule has 4 amide bonds. The molecular weight excluding hydrogens is 477 g/mol. The van der Waals surface area contributed by atoms with Crippen molar-refractivity contribution in [3.63, 3.8) is 0 Å². The first kappa shape index (κ1) is 25.7. The fourth-order valence-electron chi connectivity index (χ4n) is 4.11. The van der Waals surface area contributed by atoms with Crippen LogP contribution in [0.1, 0.15) is 41.3 Å². The lowest BCUT2D eigenvalue weighted by atomic mass is 10.1. The highest BCUT2D eigenvalue weighted by Crippen LogP contribution is 2.24. The molecule has 1 heterocycles. The van der Waals surface area contributed by atoms with Crippen LogP contribution in [0.3, 0.4) is 0 Å². The molecule has 1 aliphatic heterocycles. The van der Waals surface area contributed by atoms with Crippen LogP contribution in [0.25, 0.3) is 0 Å². The summed E-state index contributed by atoms with van der Waals surface area (Å²) in [7, 11) is 1.48. The normalized spacial score (nSPS) is 14.9. The lowest BCUT2D eigenvalue weighted by Crippen LogP contribution is -2.34. The predicted octanol–water partition coefficient (Wildman–Crippen LogP) is 4.78. The summed E-state index contributed by atoms with van der Waals surface area (Å²) in [5.41, 5.74) is 1.89. The first-order valence-corrected chi connectivity index (χ1v) is 12.0. The average molecular weight is 506 g/mol. The van der Waals surface area contributed by atoms with Crippen LogP contribution in [0.2, 0.25) is 0 Å². The van der Waals surface area contributed by atoms with Crippen LogP contribution in [0, 0.1) is 5.82 Å². The van der Waals surface area contributed by atoms with Gasteiger partial charge in [-0.2, -0.15) is 0 Å². The predicted molar refractivity (Wildman–Crippen MR) is 135 cm³/mol. The zero-order valence-corrected chi connectivity index (χ0v) is 20.6. The number of methoxy groups -OCH3 is 1. The lowest BCUT2D eigenvalue weighted by Gasteiger charge is -2.22. The Morgan fingerprint density at radius 2 is 1.65 bits per heavy atom. The maximum Gasteiger partial charge on any atom is 0.325 e. The molecule has 1 aliphatic rings. The third-order valence-corrected chi connectivity index (χ3v) is 6.02. The molecule has 0 saturated carbocycles. The first-order chi connectivity index (χ1) is 17.9. The summed E-state index contributed by atoms with van der Waals surface area (Å²) in [5, 5.41) is 5.24. The van der Waals surface area contributed by atoms with E-state index < -0.39 is 12.1 Å². The van der Waals surface area contributed by atoms with Gasteiger partial charge in [-0.15, -0.1) is 0 Å². The largest absolute Gasteiger partial charge is 0.496 e. The van der Waals surface area contributed by atoms with E-state index in [1.165, 1.54) is 24.1 Å². The van der Waals surface area contributed by atoms with Crippen molar-refractivity contribution in [1.82, 2.24) is 15.5 Å². The molecule has 9 heteroatoms. The topological polar surface area (TPSA) is 97.0 Å². The van der Waals surface area contributed by atoms with Gasteiger partial charge in [-0.05, 0) is 66.1 Å². The second-order valence-electron chi connectivity index (χ2n) is 8.64. The van der Waals surface area contributed by atoms with E-state index in [1.807, 2.05) is 19.1 Å². The molecule has 0 aromatic heterocycles. The van der Waals surface area contributed by atoms with Crippen molar-refractivity contribution in [3.8, 4) is 17.2 Å². The van der Waals surface area contributed by atoms with Gasteiger partial charge in [-0.1, -0.05) is 31.5 Å². The van der Waals surface area contributed by atoms with Gasteiger partial charge in [0, 0.05) is 13.1 Å². The van der Waals surface area contributed by atoms with Gasteiger partial charge in [0.25, 0.3) is 11.8 Å². The number of hydrogen-bond acceptors (Lipinski definition) is 5. The Morgan fingerprint density at radius 3 is 2.30 bits per heavy atom. The number of amides is 4. The number of halogens is 1. The van der Waals surface area contributed by atoms with Crippen molar-refractivity contribution >= 4 is 17.8 Å². The molecule has 3 aromatic rings. The summed E-state index contributed by atoms with van der Waals surface area (Å²) in [6, 6.07) is 17.1. The number of carbonyl (C=O) groups is 3. The number of rotatable bonds is 10. The van der Waals surface area contributed by atoms with Crippen LogP contribution < -0.4 is 20.1 Å². The lowest BCUT2D eigenvalue weighted by molar-refractivity contribution is -0.121. The Morgan fingerprint density at radius 1 is 1.00 bits per heavy atom. The summed E-state index contributed by atoms with van der Waals surface area (Å²) in [5.74, 6) is 0.534. The summed E-state index contributed by atoms with van der Waals surface area (Å²) >= 11 is 0.